The van der Waals surface area contributed by atoms with E-state index in [0.29, 0.717) is 31.7 Å². The summed E-state index contributed by atoms with van der Waals surface area (Å²) in [5, 5.41) is 21.4. The molecule has 3 atom stereocenters. The monoisotopic (exact) mass is 564 g/mol. The molecule has 1 aromatic rings. The lowest BCUT2D eigenvalue weighted by molar-refractivity contribution is -0.237. The number of halogens is 8. The zero-order valence-electron chi connectivity index (χ0n) is 19.9. The number of nitrogens with one attached hydrogen (secondary N) is 1. The molecule has 1 rings (SSSR count). The number of nitrogens with zero attached hydrogens (tertiary/aromatic N) is 1. The number of anilines is 1. The van der Waals surface area contributed by atoms with E-state index in [2.05, 4.69) is 5.32 Å². The molecule has 3 unspecified atom stereocenters. The number of alkyl halides is 8. The normalized spacial score (nSPS) is 16.4. The molecule has 0 aliphatic heterocycles. The number of hydrogen-bond donors (Lipinski definition) is 2. The van der Waals surface area contributed by atoms with Crippen molar-refractivity contribution < 1.29 is 49.2 Å². The molecule has 0 aromatic heterocycles. The van der Waals surface area contributed by atoms with Crippen LogP contribution in [0.15, 0.2) is 18.2 Å². The van der Waals surface area contributed by atoms with Crippen molar-refractivity contribution in [3.63, 3.8) is 0 Å². The summed E-state index contributed by atoms with van der Waals surface area (Å²) in [6.45, 7) is -1.01. The van der Waals surface area contributed by atoms with Crippen LogP contribution in [0.1, 0.15) is 63.0 Å². The standard InChI is InChI=1S/C23H28F8N2O3S/c1-20(35,19(34)33-17-8-7-16(14-32)18(13-17)22(26,27)28)9-4-2-3-5-11-37(36)12-6-10-21(25,15-24)23(29,30)31/h7-8,13,35H,2-6,9-12,15H2,1H3,(H,33,34). The van der Waals surface area contributed by atoms with Gasteiger partial charge in [-0.3, -0.25) is 9.00 Å². The van der Waals surface area contributed by atoms with Gasteiger partial charge in [-0.15, -0.1) is 0 Å². The van der Waals surface area contributed by atoms with Gasteiger partial charge >= 0.3 is 12.4 Å². The van der Waals surface area contributed by atoms with Crippen molar-refractivity contribution in [1.29, 1.82) is 5.26 Å². The Morgan fingerprint density at radius 2 is 1.59 bits per heavy atom. The van der Waals surface area contributed by atoms with E-state index < -0.39 is 71.0 Å². The molecule has 0 fully saturated rings. The summed E-state index contributed by atoms with van der Waals surface area (Å²) in [6.07, 6.45) is -9.96. The van der Waals surface area contributed by atoms with E-state index in [0.717, 1.165) is 12.1 Å². The quantitative estimate of drug-likeness (QED) is 0.215. The average Bonchev–Trinajstić information content (AvgIpc) is 2.79. The van der Waals surface area contributed by atoms with Crippen LogP contribution in [0.25, 0.3) is 0 Å². The van der Waals surface area contributed by atoms with Crippen LogP contribution in [-0.4, -0.2) is 50.8 Å². The molecule has 0 spiro atoms. The minimum atomic E-state index is -5.34. The lowest BCUT2D eigenvalue weighted by Crippen LogP contribution is -2.43. The number of carbonyl (C=O) groups is 1. The highest BCUT2D eigenvalue weighted by Gasteiger charge is 2.55. The predicted octanol–water partition coefficient (Wildman–Crippen LogP) is 5.99. The van der Waals surface area contributed by atoms with E-state index in [1.165, 1.54) is 13.0 Å². The van der Waals surface area contributed by atoms with Crippen molar-refractivity contribution in [2.75, 3.05) is 23.5 Å². The van der Waals surface area contributed by atoms with Gasteiger partial charge in [0.1, 0.15) is 12.3 Å². The fourth-order valence-electron chi connectivity index (χ4n) is 3.32. The first-order valence-electron chi connectivity index (χ1n) is 11.3. The molecule has 1 aromatic carbocycles. The van der Waals surface area contributed by atoms with E-state index in [-0.39, 0.29) is 23.6 Å². The fraction of sp³-hybridized carbons (Fsp3) is 0.652. The molecule has 0 aliphatic rings. The second-order valence-corrected chi connectivity index (χ2v) is 10.5. The Morgan fingerprint density at radius 1 is 1.00 bits per heavy atom. The second kappa shape index (κ2) is 13.5. The van der Waals surface area contributed by atoms with Crippen molar-refractivity contribution in [3.8, 4) is 6.07 Å². The maximum Gasteiger partial charge on any atom is 0.425 e. The van der Waals surface area contributed by atoms with Gasteiger partial charge in [-0.25, -0.2) is 8.78 Å². The van der Waals surface area contributed by atoms with Gasteiger partial charge < -0.3 is 10.4 Å². The maximum atomic E-state index is 13.5. The largest absolute Gasteiger partial charge is 0.425 e. The van der Waals surface area contributed by atoms with Crippen LogP contribution in [0, 0.1) is 11.3 Å². The summed E-state index contributed by atoms with van der Waals surface area (Å²) in [6, 6.07) is 4.03. The summed E-state index contributed by atoms with van der Waals surface area (Å²) in [7, 11) is -1.52. The van der Waals surface area contributed by atoms with Crippen LogP contribution in [0.2, 0.25) is 0 Å². The van der Waals surface area contributed by atoms with Crippen LogP contribution in [0.5, 0.6) is 0 Å². The molecule has 37 heavy (non-hydrogen) atoms. The van der Waals surface area contributed by atoms with Gasteiger partial charge in [-0.1, -0.05) is 19.3 Å². The first-order chi connectivity index (χ1) is 17.0. The Labute approximate surface area is 211 Å². The third kappa shape index (κ3) is 10.2. The van der Waals surface area contributed by atoms with E-state index in [1.807, 2.05) is 0 Å². The highest BCUT2D eigenvalue weighted by Crippen LogP contribution is 2.38. The molecule has 0 aliphatic carbocycles. The molecule has 0 heterocycles. The Kier molecular flexibility index (Phi) is 12.0. The number of hydrogen-bond acceptors (Lipinski definition) is 4. The first kappa shape index (κ1) is 32.8. The maximum absolute atomic E-state index is 13.5. The summed E-state index contributed by atoms with van der Waals surface area (Å²) in [5.41, 5.74) is -7.94. The Balaban J connectivity index is 2.41. The number of rotatable bonds is 14. The van der Waals surface area contributed by atoms with E-state index in [4.69, 9.17) is 5.26 Å². The van der Waals surface area contributed by atoms with Crippen molar-refractivity contribution in [2.24, 2.45) is 0 Å². The highest BCUT2D eigenvalue weighted by molar-refractivity contribution is 7.84. The van der Waals surface area contributed by atoms with E-state index in [9.17, 15) is 49.2 Å². The zero-order chi connectivity index (χ0) is 28.5. The Morgan fingerprint density at radius 3 is 2.14 bits per heavy atom. The van der Waals surface area contributed by atoms with Crippen LogP contribution < -0.4 is 5.32 Å². The van der Waals surface area contributed by atoms with Crippen LogP contribution >= 0.6 is 0 Å². The molecule has 210 valence electrons. The van der Waals surface area contributed by atoms with Crippen LogP contribution in [0.3, 0.4) is 0 Å². The van der Waals surface area contributed by atoms with Gasteiger partial charge in [0.05, 0.1) is 17.2 Å². The fourth-order valence-corrected chi connectivity index (χ4v) is 4.52. The lowest BCUT2D eigenvalue weighted by Gasteiger charge is -2.24. The van der Waals surface area contributed by atoms with Crippen LogP contribution in [-0.2, 0) is 21.8 Å². The smallest absolute Gasteiger partial charge is 0.380 e. The van der Waals surface area contributed by atoms with Gasteiger partial charge in [0.2, 0.25) is 5.67 Å². The van der Waals surface area contributed by atoms with E-state index in [1.54, 1.807) is 0 Å². The predicted molar refractivity (Wildman–Crippen MR) is 121 cm³/mol. The minimum absolute atomic E-state index is 0.0381. The first-order valence-corrected chi connectivity index (χ1v) is 12.8. The second-order valence-electron chi connectivity index (χ2n) is 8.81. The number of amides is 1. The van der Waals surface area contributed by atoms with Crippen molar-refractivity contribution in [3.05, 3.63) is 29.3 Å². The molecular formula is C23H28F8N2O3S. The van der Waals surface area contributed by atoms with E-state index >= 15 is 0 Å². The SMILES string of the molecule is CC(O)(CCCCCCS(=O)CCCC(F)(CF)C(F)(F)F)C(=O)Nc1ccc(C#N)c(C(F)(F)F)c1. The molecule has 0 radical (unpaired) electrons. The molecule has 14 heteroatoms. The molecule has 0 bridgehead atoms. The minimum Gasteiger partial charge on any atom is -0.380 e. The number of unbranched alkanes of at least 4 members (excludes halogenated alkanes) is 3. The zero-order valence-corrected chi connectivity index (χ0v) is 20.8. The summed E-state index contributed by atoms with van der Waals surface area (Å²) in [4.78, 5) is 12.3. The summed E-state index contributed by atoms with van der Waals surface area (Å²) < 4.78 is 115. The summed E-state index contributed by atoms with van der Waals surface area (Å²) in [5.74, 6) is -1.01. The average molecular weight is 565 g/mol. The van der Waals surface area contributed by atoms with Gasteiger partial charge in [0, 0.05) is 28.0 Å². The molecule has 1 amide bonds. The lowest BCUT2D eigenvalue weighted by atomic mass is 9.96. The van der Waals surface area contributed by atoms with Crippen molar-refractivity contribution in [2.45, 2.75) is 75.5 Å². The Hall–Kier alpha value is -2.27. The number of benzene rings is 1. The highest BCUT2D eigenvalue weighted by atomic mass is 32.2. The van der Waals surface area contributed by atoms with Gasteiger partial charge in [0.15, 0.2) is 0 Å². The van der Waals surface area contributed by atoms with Crippen molar-refractivity contribution >= 4 is 22.4 Å². The van der Waals surface area contributed by atoms with Crippen LogP contribution in [0.4, 0.5) is 40.8 Å². The molecule has 2 N–H and O–H groups in total. The summed E-state index contributed by atoms with van der Waals surface area (Å²) >= 11 is 0. The topological polar surface area (TPSA) is 90.2 Å². The van der Waals surface area contributed by atoms with Gasteiger partial charge in [-0.05, 0) is 50.8 Å². The molecular weight excluding hydrogens is 536 g/mol. The molecule has 5 nitrogen and oxygen atoms in total. The molecule has 0 saturated carbocycles. The van der Waals surface area contributed by atoms with Gasteiger partial charge in [-0.2, -0.15) is 31.6 Å². The number of carbonyl (C=O) groups excluding carboxylic acids is 1. The van der Waals surface area contributed by atoms with Gasteiger partial charge in [0.25, 0.3) is 5.91 Å². The third-order valence-electron chi connectivity index (χ3n) is 5.64. The molecule has 0 saturated heterocycles. The number of aliphatic hydroxyl groups is 1. The van der Waals surface area contributed by atoms with Crippen molar-refractivity contribution in [1.82, 2.24) is 0 Å². The third-order valence-corrected chi connectivity index (χ3v) is 7.13. The number of nitriles is 1. The Bertz CT molecular complexity index is 976.